The van der Waals surface area contributed by atoms with Crippen LogP contribution >= 0.6 is 11.8 Å². The Bertz CT molecular complexity index is 1180. The molecule has 1 N–H and O–H groups in total. The average molecular weight is 416 g/mol. The number of carbonyl (C=O) groups excluding carboxylic acids is 1. The van der Waals surface area contributed by atoms with Gasteiger partial charge in [-0.1, -0.05) is 78.5 Å². The maximum absolute atomic E-state index is 12.8. The second-order valence-electron chi connectivity index (χ2n) is 6.71. The molecule has 6 heteroatoms. The first kappa shape index (κ1) is 19.9. The Morgan fingerprint density at radius 1 is 0.900 bits per heavy atom. The van der Waals surface area contributed by atoms with Crippen molar-refractivity contribution in [3.05, 3.63) is 78.9 Å². The van der Waals surface area contributed by atoms with Crippen LogP contribution in [0.15, 0.2) is 83.9 Å². The number of para-hydroxylation sites is 2. The molecule has 1 amide bonds. The highest BCUT2D eigenvalue weighted by atomic mass is 32.2. The molecule has 0 saturated heterocycles. The largest absolute Gasteiger partial charge is 0.495 e. The minimum atomic E-state index is -0.366. The fraction of sp³-hybridized carbons (Fsp3) is 0.125. The van der Waals surface area contributed by atoms with Crippen LogP contribution in [0.1, 0.15) is 6.92 Å². The van der Waals surface area contributed by atoms with Gasteiger partial charge in [-0.05, 0) is 19.1 Å². The first-order chi connectivity index (χ1) is 14.7. The summed E-state index contributed by atoms with van der Waals surface area (Å²) in [5.41, 5.74) is 2.49. The summed E-state index contributed by atoms with van der Waals surface area (Å²) in [5.74, 6) is 0.503. The number of ether oxygens (including phenoxy) is 1. The molecular weight excluding hydrogens is 394 g/mol. The second kappa shape index (κ2) is 8.97. The summed E-state index contributed by atoms with van der Waals surface area (Å²) >= 11 is 1.39. The van der Waals surface area contributed by atoms with E-state index < -0.39 is 0 Å². The van der Waals surface area contributed by atoms with Crippen molar-refractivity contribution in [3.8, 4) is 17.0 Å². The zero-order chi connectivity index (χ0) is 20.9. The van der Waals surface area contributed by atoms with Gasteiger partial charge in [0.25, 0.3) is 0 Å². The van der Waals surface area contributed by atoms with E-state index in [0.717, 1.165) is 27.1 Å². The molecule has 0 bridgehead atoms. The lowest BCUT2D eigenvalue weighted by molar-refractivity contribution is -0.115. The Morgan fingerprint density at radius 3 is 2.33 bits per heavy atom. The molecule has 1 aromatic heterocycles. The Hall–Kier alpha value is -3.38. The standard InChI is InChI=1S/C24H21N3O2S/c1-16(23(28)25-20-14-8-9-15-21(20)29-2)30-24-19-13-7-6-12-18(19)22(26-27-24)17-10-4-3-5-11-17/h3-16H,1-2H3,(H,25,28)/t16-/m1/s1. The van der Waals surface area contributed by atoms with Gasteiger partial charge in [-0.25, -0.2) is 0 Å². The SMILES string of the molecule is COc1ccccc1NC(=O)[C@@H](C)Sc1nnc(-c2ccccc2)c2ccccc12. The number of carbonyl (C=O) groups is 1. The Labute approximate surface area is 179 Å². The molecule has 4 rings (SSSR count). The van der Waals surface area contributed by atoms with E-state index in [-0.39, 0.29) is 11.2 Å². The van der Waals surface area contributed by atoms with E-state index in [1.54, 1.807) is 7.11 Å². The van der Waals surface area contributed by atoms with Crippen molar-refractivity contribution in [1.82, 2.24) is 10.2 Å². The molecule has 0 aliphatic rings. The average Bonchev–Trinajstić information content (AvgIpc) is 2.80. The fourth-order valence-electron chi connectivity index (χ4n) is 3.18. The molecule has 0 spiro atoms. The van der Waals surface area contributed by atoms with Crippen LogP contribution in [0.2, 0.25) is 0 Å². The van der Waals surface area contributed by atoms with E-state index in [9.17, 15) is 4.79 Å². The van der Waals surface area contributed by atoms with Gasteiger partial charge in [0.15, 0.2) is 0 Å². The summed E-state index contributed by atoms with van der Waals surface area (Å²) < 4.78 is 5.31. The molecule has 4 aromatic rings. The van der Waals surface area contributed by atoms with E-state index in [1.165, 1.54) is 11.8 Å². The van der Waals surface area contributed by atoms with E-state index in [2.05, 4.69) is 15.5 Å². The van der Waals surface area contributed by atoms with Gasteiger partial charge in [0.05, 0.1) is 18.0 Å². The number of hydrogen-bond donors (Lipinski definition) is 1. The predicted molar refractivity (Wildman–Crippen MR) is 122 cm³/mol. The third kappa shape index (κ3) is 4.14. The first-order valence-corrected chi connectivity index (χ1v) is 10.5. The van der Waals surface area contributed by atoms with E-state index in [1.807, 2.05) is 85.8 Å². The van der Waals surface area contributed by atoms with Crippen LogP contribution in [0, 0.1) is 0 Å². The highest BCUT2D eigenvalue weighted by Gasteiger charge is 2.19. The molecule has 1 heterocycles. The molecule has 150 valence electrons. The van der Waals surface area contributed by atoms with E-state index >= 15 is 0 Å². The number of methoxy groups -OCH3 is 1. The smallest absolute Gasteiger partial charge is 0.237 e. The summed E-state index contributed by atoms with van der Waals surface area (Å²) in [4.78, 5) is 12.8. The van der Waals surface area contributed by atoms with Crippen LogP contribution in [-0.2, 0) is 4.79 Å². The van der Waals surface area contributed by atoms with Crippen molar-refractivity contribution in [3.63, 3.8) is 0 Å². The fourth-order valence-corrected chi connectivity index (χ4v) is 4.07. The zero-order valence-electron chi connectivity index (χ0n) is 16.7. The van der Waals surface area contributed by atoms with Crippen molar-refractivity contribution in [1.29, 1.82) is 0 Å². The maximum atomic E-state index is 12.8. The summed E-state index contributed by atoms with van der Waals surface area (Å²) in [6.45, 7) is 1.86. The lowest BCUT2D eigenvalue weighted by atomic mass is 10.1. The molecule has 0 saturated carbocycles. The predicted octanol–water partition coefficient (Wildman–Crippen LogP) is 5.42. The van der Waals surface area contributed by atoms with Crippen molar-refractivity contribution >= 4 is 34.1 Å². The Kier molecular flexibility index (Phi) is 5.95. The summed E-state index contributed by atoms with van der Waals surface area (Å²) in [7, 11) is 1.58. The molecule has 1 atom stereocenters. The number of fused-ring (bicyclic) bond motifs is 1. The highest BCUT2D eigenvalue weighted by Crippen LogP contribution is 2.34. The first-order valence-electron chi connectivity index (χ1n) is 9.58. The number of aromatic nitrogens is 2. The molecule has 0 aliphatic carbocycles. The van der Waals surface area contributed by atoms with Gasteiger partial charge in [-0.15, -0.1) is 10.2 Å². The molecule has 0 aliphatic heterocycles. The third-order valence-corrected chi connectivity index (χ3v) is 5.82. The molecule has 5 nitrogen and oxygen atoms in total. The van der Waals surface area contributed by atoms with Crippen molar-refractivity contribution in [2.45, 2.75) is 17.2 Å². The number of nitrogens with one attached hydrogen (secondary N) is 1. The zero-order valence-corrected chi connectivity index (χ0v) is 17.5. The number of hydrogen-bond acceptors (Lipinski definition) is 5. The number of amides is 1. The summed E-state index contributed by atoms with van der Waals surface area (Å²) in [6, 6.07) is 25.4. The van der Waals surface area contributed by atoms with Crippen molar-refractivity contribution < 1.29 is 9.53 Å². The maximum Gasteiger partial charge on any atom is 0.237 e. The van der Waals surface area contributed by atoms with Gasteiger partial charge in [-0.3, -0.25) is 4.79 Å². The normalized spacial score (nSPS) is 11.8. The highest BCUT2D eigenvalue weighted by molar-refractivity contribution is 8.00. The monoisotopic (exact) mass is 415 g/mol. The minimum absolute atomic E-state index is 0.123. The van der Waals surface area contributed by atoms with Crippen LogP contribution in [0.25, 0.3) is 22.0 Å². The van der Waals surface area contributed by atoms with Crippen LogP contribution in [0.5, 0.6) is 5.75 Å². The Morgan fingerprint density at radius 2 is 1.57 bits per heavy atom. The number of anilines is 1. The van der Waals surface area contributed by atoms with Gasteiger partial charge in [0, 0.05) is 16.3 Å². The molecule has 0 unspecified atom stereocenters. The molecule has 30 heavy (non-hydrogen) atoms. The quantitative estimate of drug-likeness (QED) is 0.426. The summed E-state index contributed by atoms with van der Waals surface area (Å²) in [5, 5.41) is 14.2. The van der Waals surface area contributed by atoms with Crippen molar-refractivity contribution in [2.24, 2.45) is 0 Å². The lowest BCUT2D eigenvalue weighted by Gasteiger charge is -2.15. The van der Waals surface area contributed by atoms with E-state index in [0.29, 0.717) is 11.4 Å². The number of nitrogens with zero attached hydrogens (tertiary/aromatic N) is 2. The number of rotatable bonds is 6. The van der Waals surface area contributed by atoms with Gasteiger partial charge in [0.2, 0.25) is 5.91 Å². The molecular formula is C24H21N3O2S. The van der Waals surface area contributed by atoms with Gasteiger partial charge < -0.3 is 10.1 Å². The van der Waals surface area contributed by atoms with Crippen LogP contribution in [0.4, 0.5) is 5.69 Å². The topological polar surface area (TPSA) is 64.1 Å². The van der Waals surface area contributed by atoms with Crippen molar-refractivity contribution in [2.75, 3.05) is 12.4 Å². The van der Waals surface area contributed by atoms with Crippen LogP contribution in [-0.4, -0.2) is 28.5 Å². The molecule has 0 radical (unpaired) electrons. The lowest BCUT2D eigenvalue weighted by Crippen LogP contribution is -2.22. The van der Waals surface area contributed by atoms with Crippen LogP contribution in [0.3, 0.4) is 0 Å². The summed E-state index contributed by atoms with van der Waals surface area (Å²) in [6.07, 6.45) is 0. The van der Waals surface area contributed by atoms with Crippen LogP contribution < -0.4 is 10.1 Å². The third-order valence-electron chi connectivity index (χ3n) is 4.72. The number of thioether (sulfide) groups is 1. The molecule has 0 fully saturated rings. The number of benzene rings is 3. The minimum Gasteiger partial charge on any atom is -0.495 e. The molecule has 3 aromatic carbocycles. The van der Waals surface area contributed by atoms with Gasteiger partial charge >= 0.3 is 0 Å². The second-order valence-corrected chi connectivity index (χ2v) is 8.04. The van der Waals surface area contributed by atoms with Gasteiger partial charge in [-0.2, -0.15) is 0 Å². The van der Waals surface area contributed by atoms with Gasteiger partial charge in [0.1, 0.15) is 16.5 Å². The van der Waals surface area contributed by atoms with E-state index in [4.69, 9.17) is 4.74 Å². The Balaban J connectivity index is 1.60.